The van der Waals surface area contributed by atoms with Crippen molar-refractivity contribution in [2.24, 2.45) is 0 Å². The smallest absolute Gasteiger partial charge is 0.352 e. The molecule has 0 bridgehead atoms. The van der Waals surface area contributed by atoms with Gasteiger partial charge in [0.05, 0.1) is 18.5 Å². The minimum atomic E-state index is -0.681. The molecule has 1 aromatic carbocycles. The summed E-state index contributed by atoms with van der Waals surface area (Å²) in [7, 11) is 0. The molecule has 158 valence electrons. The maximum atomic E-state index is 12.8. The zero-order chi connectivity index (χ0) is 22.0. The highest BCUT2D eigenvalue weighted by Gasteiger charge is 2.22. The second-order valence-corrected chi connectivity index (χ2v) is 6.61. The summed E-state index contributed by atoms with van der Waals surface area (Å²) in [4.78, 5) is 41.7. The quantitative estimate of drug-likeness (QED) is 0.491. The number of carbonyl (C=O) groups excluding carboxylic acids is 1. The van der Waals surface area contributed by atoms with E-state index in [1.807, 2.05) is 19.1 Å². The number of carbonyl (C=O) groups is 1. The van der Waals surface area contributed by atoms with E-state index in [0.717, 1.165) is 14.8 Å². The summed E-state index contributed by atoms with van der Waals surface area (Å²) in [5.74, 6) is -0.640. The molecule has 0 atom stereocenters. The van der Waals surface area contributed by atoms with Crippen LogP contribution in [0.1, 0.15) is 28.9 Å². The number of nitrogens with one attached hydrogen (secondary N) is 1. The van der Waals surface area contributed by atoms with Crippen LogP contribution in [-0.2, 0) is 13.1 Å². The van der Waals surface area contributed by atoms with E-state index in [0.29, 0.717) is 11.4 Å². The predicted molar refractivity (Wildman–Crippen MR) is 108 cm³/mol. The minimum Gasteiger partial charge on any atom is -0.467 e. The van der Waals surface area contributed by atoms with E-state index in [-0.39, 0.29) is 30.5 Å². The molecule has 3 aromatic heterocycles. The number of hydrogen-bond donors (Lipinski definition) is 1. The molecule has 1 amide bonds. The highest BCUT2D eigenvalue weighted by molar-refractivity contribution is 5.89. The summed E-state index contributed by atoms with van der Waals surface area (Å²) < 4.78 is 12.2. The fraction of sp³-hybridized carbons (Fsp3) is 0.200. The number of aromatic nitrogens is 5. The lowest BCUT2D eigenvalue weighted by atomic mass is 10.2. The Morgan fingerprint density at radius 1 is 1.16 bits per heavy atom. The summed E-state index contributed by atoms with van der Waals surface area (Å²) in [5, 5.41) is 10.4. The molecule has 0 saturated heterocycles. The third-order valence-corrected chi connectivity index (χ3v) is 4.49. The van der Waals surface area contributed by atoms with Gasteiger partial charge in [0.2, 0.25) is 5.82 Å². The molecule has 1 N–H and O–H groups in total. The number of amides is 1. The average molecular weight is 422 g/mol. The van der Waals surface area contributed by atoms with Crippen LogP contribution in [0.15, 0.2) is 61.2 Å². The van der Waals surface area contributed by atoms with Crippen LogP contribution in [0.4, 0.5) is 0 Å². The summed E-state index contributed by atoms with van der Waals surface area (Å²) in [6, 6.07) is 10.5. The number of benzene rings is 1. The van der Waals surface area contributed by atoms with E-state index in [1.165, 1.54) is 6.26 Å². The molecule has 0 aliphatic heterocycles. The molecule has 0 fully saturated rings. The lowest BCUT2D eigenvalue weighted by Gasteiger charge is -2.09. The van der Waals surface area contributed by atoms with Gasteiger partial charge < -0.3 is 14.3 Å². The molecule has 4 rings (SSSR count). The highest BCUT2D eigenvalue weighted by atomic mass is 16.5. The van der Waals surface area contributed by atoms with E-state index < -0.39 is 17.2 Å². The standard InChI is InChI=1S/C20H18N6O5/c1-3-25-19(28)15(23-26(20(25)29)13-8-6-12(2)7-9-13)16-22-18(31-24-16)17(27)21-11-14-5-4-10-30-14/h4-10H,3,11H2,1-2H3,(H,21,27). The van der Waals surface area contributed by atoms with Crippen molar-refractivity contribution in [2.45, 2.75) is 26.9 Å². The van der Waals surface area contributed by atoms with Crippen LogP contribution >= 0.6 is 0 Å². The lowest BCUT2D eigenvalue weighted by molar-refractivity contribution is 0.0904. The van der Waals surface area contributed by atoms with Gasteiger partial charge >= 0.3 is 17.5 Å². The molecule has 0 aliphatic carbocycles. The number of hydrogen-bond acceptors (Lipinski definition) is 8. The molecule has 0 saturated carbocycles. The van der Waals surface area contributed by atoms with Crippen LogP contribution in [-0.4, -0.2) is 30.4 Å². The molecule has 0 aliphatic rings. The summed E-state index contributed by atoms with van der Waals surface area (Å²) in [6.07, 6.45) is 1.49. The fourth-order valence-electron chi connectivity index (χ4n) is 2.86. The fourth-order valence-corrected chi connectivity index (χ4v) is 2.86. The van der Waals surface area contributed by atoms with Gasteiger partial charge in [-0.1, -0.05) is 22.9 Å². The molecule has 11 heteroatoms. The SMILES string of the molecule is CCn1c(=O)c(-c2noc(C(=O)NCc3ccco3)n2)nn(-c2ccc(C)cc2)c1=O. The molecule has 4 aromatic rings. The normalized spacial score (nSPS) is 10.9. The Morgan fingerprint density at radius 3 is 2.61 bits per heavy atom. The zero-order valence-electron chi connectivity index (χ0n) is 16.7. The summed E-state index contributed by atoms with van der Waals surface area (Å²) >= 11 is 0. The number of aryl methyl sites for hydroxylation is 1. The van der Waals surface area contributed by atoms with E-state index in [1.54, 1.807) is 31.2 Å². The molecule has 31 heavy (non-hydrogen) atoms. The number of furan rings is 1. The molecule has 0 unspecified atom stereocenters. The highest BCUT2D eigenvalue weighted by Crippen LogP contribution is 2.11. The Labute approximate surface area is 174 Å². The number of nitrogens with zero attached hydrogens (tertiary/aromatic N) is 5. The second-order valence-electron chi connectivity index (χ2n) is 6.61. The van der Waals surface area contributed by atoms with Gasteiger partial charge in [-0.3, -0.25) is 14.2 Å². The summed E-state index contributed by atoms with van der Waals surface area (Å²) in [5.41, 5.74) is -0.0155. The first-order valence-electron chi connectivity index (χ1n) is 9.43. The molecule has 0 spiro atoms. The van der Waals surface area contributed by atoms with Gasteiger partial charge in [0.15, 0.2) is 5.69 Å². The minimum absolute atomic E-state index is 0.118. The first-order chi connectivity index (χ1) is 15.0. The Bertz CT molecular complexity index is 1330. The first-order valence-corrected chi connectivity index (χ1v) is 9.43. The van der Waals surface area contributed by atoms with Gasteiger partial charge in [-0.05, 0) is 38.1 Å². The monoisotopic (exact) mass is 422 g/mol. The van der Waals surface area contributed by atoms with Gasteiger partial charge in [-0.2, -0.15) is 14.8 Å². The van der Waals surface area contributed by atoms with Crippen molar-refractivity contribution >= 4 is 5.91 Å². The van der Waals surface area contributed by atoms with E-state index >= 15 is 0 Å². The van der Waals surface area contributed by atoms with Crippen molar-refractivity contribution in [1.82, 2.24) is 29.8 Å². The molecular weight excluding hydrogens is 404 g/mol. The van der Waals surface area contributed by atoms with Crippen molar-refractivity contribution in [2.75, 3.05) is 0 Å². The van der Waals surface area contributed by atoms with E-state index in [9.17, 15) is 14.4 Å². The largest absolute Gasteiger partial charge is 0.467 e. The zero-order valence-corrected chi connectivity index (χ0v) is 16.7. The van der Waals surface area contributed by atoms with Gasteiger partial charge in [0.1, 0.15) is 5.76 Å². The first kappa shape index (κ1) is 20.0. The average Bonchev–Trinajstić information content (AvgIpc) is 3.46. The lowest BCUT2D eigenvalue weighted by Crippen LogP contribution is -2.41. The van der Waals surface area contributed by atoms with Crippen molar-refractivity contribution in [3.63, 3.8) is 0 Å². The third kappa shape index (κ3) is 3.92. The van der Waals surface area contributed by atoms with Crippen LogP contribution in [0.3, 0.4) is 0 Å². The van der Waals surface area contributed by atoms with Crippen molar-refractivity contribution in [3.05, 3.63) is 80.7 Å². The Morgan fingerprint density at radius 2 is 1.94 bits per heavy atom. The molecular formula is C20H18N6O5. The van der Waals surface area contributed by atoms with Crippen molar-refractivity contribution in [3.8, 4) is 17.2 Å². The third-order valence-electron chi connectivity index (χ3n) is 4.49. The Balaban J connectivity index is 1.70. The van der Waals surface area contributed by atoms with Gasteiger partial charge in [0, 0.05) is 6.54 Å². The van der Waals surface area contributed by atoms with Crippen LogP contribution in [0.2, 0.25) is 0 Å². The van der Waals surface area contributed by atoms with Crippen LogP contribution in [0.25, 0.3) is 17.2 Å². The van der Waals surface area contributed by atoms with Gasteiger partial charge in [-0.25, -0.2) is 4.79 Å². The van der Waals surface area contributed by atoms with Crippen molar-refractivity contribution in [1.29, 1.82) is 0 Å². The van der Waals surface area contributed by atoms with E-state index in [2.05, 4.69) is 20.6 Å². The predicted octanol–water partition coefficient (Wildman–Crippen LogP) is 1.30. The van der Waals surface area contributed by atoms with Crippen LogP contribution in [0.5, 0.6) is 0 Å². The topological polar surface area (TPSA) is 138 Å². The molecule has 11 nitrogen and oxygen atoms in total. The van der Waals surface area contributed by atoms with Gasteiger partial charge in [-0.15, -0.1) is 0 Å². The van der Waals surface area contributed by atoms with Crippen LogP contribution < -0.4 is 16.6 Å². The molecule has 3 heterocycles. The Kier molecular flexibility index (Phi) is 5.31. The summed E-state index contributed by atoms with van der Waals surface area (Å²) in [6.45, 7) is 3.82. The second kappa shape index (κ2) is 8.22. The number of rotatable bonds is 6. The maximum absolute atomic E-state index is 12.8. The van der Waals surface area contributed by atoms with Gasteiger partial charge in [0.25, 0.3) is 5.56 Å². The maximum Gasteiger partial charge on any atom is 0.352 e. The van der Waals surface area contributed by atoms with Crippen LogP contribution in [0, 0.1) is 6.92 Å². The molecule has 0 radical (unpaired) electrons. The Hall–Kier alpha value is -4.28. The van der Waals surface area contributed by atoms with E-state index in [4.69, 9.17) is 8.94 Å². The van der Waals surface area contributed by atoms with Crippen molar-refractivity contribution < 1.29 is 13.7 Å².